The number of carbonyl (C=O) groups is 1. The molecular weight excluding hydrogens is 302 g/mol. The highest BCUT2D eigenvalue weighted by Gasteiger charge is 2.39. The standard InChI is InChI=1S/C19H31N3O2/c1-6-7-8-9-14(2)16-17(21-12-11-20-16)15-10-13-22(15)18(23)24-19(3,4)5/h11-12,14-15H,6-10,13H2,1-5H3. The smallest absolute Gasteiger partial charge is 0.410 e. The molecule has 2 atom stereocenters. The van der Waals surface area contributed by atoms with Gasteiger partial charge in [0.15, 0.2) is 0 Å². The van der Waals surface area contributed by atoms with E-state index >= 15 is 0 Å². The van der Waals surface area contributed by atoms with Gasteiger partial charge < -0.3 is 4.74 Å². The van der Waals surface area contributed by atoms with Crippen molar-refractivity contribution in [2.75, 3.05) is 6.54 Å². The Kier molecular flexibility index (Phi) is 6.19. The number of aromatic nitrogens is 2. The molecule has 0 radical (unpaired) electrons. The number of ether oxygens (including phenoxy) is 1. The van der Waals surface area contributed by atoms with Crippen molar-refractivity contribution in [3.8, 4) is 0 Å². The first-order valence-electron chi connectivity index (χ1n) is 9.14. The van der Waals surface area contributed by atoms with E-state index in [4.69, 9.17) is 4.74 Å². The molecule has 0 aromatic carbocycles. The van der Waals surface area contributed by atoms with Gasteiger partial charge in [0, 0.05) is 24.9 Å². The second-order valence-corrected chi connectivity index (χ2v) is 7.70. The summed E-state index contributed by atoms with van der Waals surface area (Å²) in [5.41, 5.74) is 1.50. The molecule has 0 aliphatic carbocycles. The lowest BCUT2D eigenvalue weighted by Crippen LogP contribution is -2.48. The highest BCUT2D eigenvalue weighted by Crippen LogP contribution is 2.37. The summed E-state index contributed by atoms with van der Waals surface area (Å²) in [5.74, 6) is 0.362. The van der Waals surface area contributed by atoms with Gasteiger partial charge in [-0.1, -0.05) is 33.1 Å². The van der Waals surface area contributed by atoms with Gasteiger partial charge in [-0.05, 0) is 33.6 Å². The molecule has 1 aliphatic rings. The van der Waals surface area contributed by atoms with Crippen molar-refractivity contribution in [1.82, 2.24) is 14.9 Å². The molecule has 5 heteroatoms. The lowest BCUT2D eigenvalue weighted by Gasteiger charge is -2.41. The summed E-state index contributed by atoms with van der Waals surface area (Å²) >= 11 is 0. The Morgan fingerprint density at radius 3 is 2.62 bits per heavy atom. The van der Waals surface area contributed by atoms with Gasteiger partial charge in [-0.15, -0.1) is 0 Å². The van der Waals surface area contributed by atoms with E-state index in [2.05, 4.69) is 23.8 Å². The highest BCUT2D eigenvalue weighted by molar-refractivity contribution is 5.70. The molecule has 1 saturated heterocycles. The maximum atomic E-state index is 12.4. The molecule has 5 nitrogen and oxygen atoms in total. The van der Waals surface area contributed by atoms with E-state index in [-0.39, 0.29) is 12.1 Å². The lowest BCUT2D eigenvalue weighted by molar-refractivity contribution is -0.00683. The first-order chi connectivity index (χ1) is 11.3. The third-order valence-corrected chi connectivity index (χ3v) is 4.43. The summed E-state index contributed by atoms with van der Waals surface area (Å²) in [6.45, 7) is 10.8. The van der Waals surface area contributed by atoms with E-state index in [0.29, 0.717) is 5.92 Å². The van der Waals surface area contributed by atoms with Gasteiger partial charge in [0.2, 0.25) is 0 Å². The molecule has 24 heavy (non-hydrogen) atoms. The molecule has 1 aromatic heterocycles. The highest BCUT2D eigenvalue weighted by atomic mass is 16.6. The van der Waals surface area contributed by atoms with E-state index in [1.807, 2.05) is 20.8 Å². The molecule has 0 saturated carbocycles. The molecule has 0 spiro atoms. The van der Waals surface area contributed by atoms with E-state index in [0.717, 1.165) is 30.8 Å². The van der Waals surface area contributed by atoms with Crippen LogP contribution < -0.4 is 0 Å². The minimum Gasteiger partial charge on any atom is -0.444 e. The Hall–Kier alpha value is -1.65. The number of carbonyl (C=O) groups excluding carboxylic acids is 1. The number of unbranched alkanes of at least 4 members (excludes halogenated alkanes) is 2. The van der Waals surface area contributed by atoms with Crippen molar-refractivity contribution in [2.45, 2.75) is 84.3 Å². The maximum Gasteiger partial charge on any atom is 0.410 e. The van der Waals surface area contributed by atoms with Crippen molar-refractivity contribution in [2.24, 2.45) is 0 Å². The summed E-state index contributed by atoms with van der Waals surface area (Å²) in [4.78, 5) is 23.3. The molecule has 1 aromatic rings. The van der Waals surface area contributed by atoms with Crippen molar-refractivity contribution < 1.29 is 9.53 Å². The third-order valence-electron chi connectivity index (χ3n) is 4.43. The summed E-state index contributed by atoms with van der Waals surface area (Å²) in [7, 11) is 0. The fourth-order valence-corrected chi connectivity index (χ4v) is 3.04. The van der Waals surface area contributed by atoms with E-state index in [9.17, 15) is 4.79 Å². The molecule has 2 unspecified atom stereocenters. The van der Waals surface area contributed by atoms with Gasteiger partial charge in [-0.25, -0.2) is 4.79 Å². The van der Waals surface area contributed by atoms with Crippen LogP contribution in [0.1, 0.15) is 90.1 Å². The summed E-state index contributed by atoms with van der Waals surface area (Å²) in [6, 6.07) is -0.00262. The number of hydrogen-bond acceptors (Lipinski definition) is 4. The van der Waals surface area contributed by atoms with Crippen LogP contribution in [0, 0.1) is 0 Å². The van der Waals surface area contributed by atoms with Crippen molar-refractivity contribution in [3.05, 3.63) is 23.8 Å². The number of hydrogen-bond donors (Lipinski definition) is 0. The molecule has 0 bridgehead atoms. The van der Waals surface area contributed by atoms with Crippen LogP contribution in [0.3, 0.4) is 0 Å². The van der Waals surface area contributed by atoms with E-state index in [1.54, 1.807) is 17.3 Å². The quantitative estimate of drug-likeness (QED) is 0.699. The average Bonchev–Trinajstić information content (AvgIpc) is 2.44. The molecule has 1 fully saturated rings. The molecule has 0 N–H and O–H groups in total. The zero-order valence-electron chi connectivity index (χ0n) is 15.7. The average molecular weight is 333 g/mol. The Morgan fingerprint density at radius 1 is 1.33 bits per heavy atom. The second-order valence-electron chi connectivity index (χ2n) is 7.70. The van der Waals surface area contributed by atoms with Gasteiger partial charge >= 0.3 is 6.09 Å². The number of rotatable bonds is 6. The molecule has 134 valence electrons. The van der Waals surface area contributed by atoms with Crippen LogP contribution >= 0.6 is 0 Å². The molecule has 2 heterocycles. The van der Waals surface area contributed by atoms with Crippen molar-refractivity contribution in [3.63, 3.8) is 0 Å². The Bertz CT molecular complexity index is 554. The van der Waals surface area contributed by atoms with Gasteiger partial charge in [-0.2, -0.15) is 0 Å². The van der Waals surface area contributed by atoms with Crippen molar-refractivity contribution >= 4 is 6.09 Å². The molecule has 1 amide bonds. The van der Waals surface area contributed by atoms with Crippen LogP contribution in [-0.4, -0.2) is 33.1 Å². The fraction of sp³-hybridized carbons (Fsp3) is 0.737. The fourth-order valence-electron chi connectivity index (χ4n) is 3.04. The summed E-state index contributed by atoms with van der Waals surface area (Å²) in [6.07, 6.45) is 8.92. The van der Waals surface area contributed by atoms with E-state index in [1.165, 1.54) is 19.3 Å². The van der Waals surface area contributed by atoms with Crippen LogP contribution in [0.15, 0.2) is 12.4 Å². The summed E-state index contributed by atoms with van der Waals surface area (Å²) < 4.78 is 5.51. The normalized spacial score (nSPS) is 18.9. The second kappa shape index (κ2) is 7.95. The van der Waals surface area contributed by atoms with Crippen LogP contribution in [0.25, 0.3) is 0 Å². The van der Waals surface area contributed by atoms with E-state index < -0.39 is 5.60 Å². The molecule has 2 rings (SSSR count). The lowest BCUT2D eigenvalue weighted by atomic mass is 9.91. The number of likely N-dealkylation sites (tertiary alicyclic amines) is 1. The largest absolute Gasteiger partial charge is 0.444 e. The summed E-state index contributed by atoms with van der Waals surface area (Å²) in [5, 5.41) is 0. The van der Waals surface area contributed by atoms with Gasteiger partial charge in [0.25, 0.3) is 0 Å². The number of amides is 1. The van der Waals surface area contributed by atoms with Gasteiger partial charge in [0.1, 0.15) is 5.60 Å². The zero-order chi connectivity index (χ0) is 17.7. The van der Waals surface area contributed by atoms with Gasteiger partial charge in [0.05, 0.1) is 17.4 Å². The third kappa shape index (κ3) is 4.68. The molecular formula is C19H31N3O2. The van der Waals surface area contributed by atoms with Crippen LogP contribution in [-0.2, 0) is 4.74 Å². The predicted molar refractivity (Wildman–Crippen MR) is 94.9 cm³/mol. The first kappa shape index (κ1) is 18.7. The topological polar surface area (TPSA) is 55.3 Å². The first-order valence-corrected chi connectivity index (χ1v) is 9.14. The van der Waals surface area contributed by atoms with Crippen LogP contribution in [0.5, 0.6) is 0 Å². The Morgan fingerprint density at radius 2 is 2.04 bits per heavy atom. The minimum atomic E-state index is -0.476. The van der Waals surface area contributed by atoms with Crippen LogP contribution in [0.4, 0.5) is 4.79 Å². The minimum absolute atomic E-state index is 0.00262. The number of nitrogens with zero attached hydrogens (tertiary/aromatic N) is 3. The predicted octanol–water partition coefficient (Wildman–Crippen LogP) is 4.84. The zero-order valence-corrected chi connectivity index (χ0v) is 15.7. The maximum absolute atomic E-state index is 12.4. The van der Waals surface area contributed by atoms with Gasteiger partial charge in [-0.3, -0.25) is 14.9 Å². The van der Waals surface area contributed by atoms with Crippen molar-refractivity contribution in [1.29, 1.82) is 0 Å². The Balaban J connectivity index is 2.10. The molecule has 1 aliphatic heterocycles. The SMILES string of the molecule is CCCCCC(C)c1nccnc1C1CCN1C(=O)OC(C)(C)C. The monoisotopic (exact) mass is 333 g/mol. The Labute approximate surface area is 145 Å². The van der Waals surface area contributed by atoms with Crippen LogP contribution in [0.2, 0.25) is 0 Å².